The van der Waals surface area contributed by atoms with Crippen LogP contribution < -0.4 is 0 Å². The van der Waals surface area contributed by atoms with Crippen molar-refractivity contribution in [2.75, 3.05) is 13.2 Å². The number of benzene rings is 2. The number of alkyl halides is 3. The second-order valence-electron chi connectivity index (χ2n) is 6.49. The maximum Gasteiger partial charge on any atom is 0.416 e. The molecule has 1 aliphatic rings. The average molecular weight is 376 g/mol. The first-order chi connectivity index (χ1) is 12.8. The van der Waals surface area contributed by atoms with Crippen LogP contribution in [0, 0.1) is 10.1 Å². The third-order valence-corrected chi connectivity index (χ3v) is 4.81. The smallest absolute Gasteiger partial charge is 0.379 e. The molecule has 140 valence electrons. The number of halogens is 3. The second kappa shape index (κ2) is 6.38. The van der Waals surface area contributed by atoms with Gasteiger partial charge in [-0.1, -0.05) is 12.1 Å². The van der Waals surface area contributed by atoms with E-state index in [2.05, 4.69) is 0 Å². The Morgan fingerprint density at radius 3 is 2.44 bits per heavy atom. The summed E-state index contributed by atoms with van der Waals surface area (Å²) < 4.78 is 46.0. The predicted molar refractivity (Wildman–Crippen MR) is 93.5 cm³/mol. The molecular weight excluding hydrogens is 361 g/mol. The van der Waals surface area contributed by atoms with E-state index in [-0.39, 0.29) is 11.7 Å². The lowest BCUT2D eigenvalue weighted by Crippen LogP contribution is -2.10. The molecule has 0 N–H and O–H groups in total. The van der Waals surface area contributed by atoms with Gasteiger partial charge in [-0.2, -0.15) is 13.2 Å². The van der Waals surface area contributed by atoms with Gasteiger partial charge in [0.1, 0.15) is 0 Å². The fourth-order valence-electron chi connectivity index (χ4n) is 3.51. The van der Waals surface area contributed by atoms with E-state index in [4.69, 9.17) is 4.74 Å². The fraction of sp³-hybridized carbons (Fsp3) is 0.263. The Hall–Kier alpha value is -2.87. The summed E-state index contributed by atoms with van der Waals surface area (Å²) in [6.07, 6.45) is -3.63. The number of nitrogens with zero attached hydrogens (tertiary/aromatic N) is 2. The van der Waals surface area contributed by atoms with Gasteiger partial charge in [0.25, 0.3) is 5.69 Å². The standard InChI is InChI=1S/C19H15F3N2O3/c20-19(21,22)14-3-1-12(2-4-14)18-10-13-9-15(24(25)26)5-6-17(13)23(18)16-7-8-27-11-16/h1-6,9-10,16H,7-8,11H2/t16-/m1/s1. The van der Waals surface area contributed by atoms with Gasteiger partial charge in [-0.3, -0.25) is 10.1 Å². The van der Waals surface area contributed by atoms with Crippen molar-refractivity contribution >= 4 is 16.6 Å². The lowest BCUT2D eigenvalue weighted by molar-refractivity contribution is -0.384. The molecule has 2 heterocycles. The minimum atomic E-state index is -4.40. The highest BCUT2D eigenvalue weighted by Gasteiger charge is 2.30. The molecule has 0 saturated carbocycles. The topological polar surface area (TPSA) is 57.3 Å². The van der Waals surface area contributed by atoms with Crippen molar-refractivity contribution in [3.63, 3.8) is 0 Å². The van der Waals surface area contributed by atoms with E-state index in [1.54, 1.807) is 12.1 Å². The first-order valence-corrected chi connectivity index (χ1v) is 8.39. The minimum absolute atomic E-state index is 0.0266. The number of non-ortho nitro benzene ring substituents is 1. The van der Waals surface area contributed by atoms with Crippen LogP contribution in [0.3, 0.4) is 0 Å². The van der Waals surface area contributed by atoms with Crippen molar-refractivity contribution in [1.82, 2.24) is 4.57 Å². The van der Waals surface area contributed by atoms with E-state index < -0.39 is 16.7 Å². The monoisotopic (exact) mass is 376 g/mol. The second-order valence-corrected chi connectivity index (χ2v) is 6.49. The first kappa shape index (κ1) is 17.5. The maximum atomic E-state index is 12.8. The molecule has 27 heavy (non-hydrogen) atoms. The van der Waals surface area contributed by atoms with Crippen molar-refractivity contribution in [3.05, 3.63) is 64.2 Å². The van der Waals surface area contributed by atoms with Crippen molar-refractivity contribution in [1.29, 1.82) is 0 Å². The number of hydrogen-bond acceptors (Lipinski definition) is 3. The molecule has 1 fully saturated rings. The van der Waals surface area contributed by atoms with Crippen LogP contribution >= 0.6 is 0 Å². The van der Waals surface area contributed by atoms with Crippen LogP contribution in [-0.2, 0) is 10.9 Å². The first-order valence-electron chi connectivity index (χ1n) is 8.39. The van der Waals surface area contributed by atoms with Crippen molar-refractivity contribution in [2.24, 2.45) is 0 Å². The lowest BCUT2D eigenvalue weighted by atomic mass is 10.1. The number of aromatic nitrogens is 1. The number of hydrogen-bond donors (Lipinski definition) is 0. The molecule has 0 unspecified atom stereocenters. The van der Waals surface area contributed by atoms with Crippen LogP contribution in [0.25, 0.3) is 22.2 Å². The van der Waals surface area contributed by atoms with Gasteiger partial charge in [0, 0.05) is 35.3 Å². The Balaban J connectivity index is 1.87. The Bertz CT molecular complexity index is 1000. The van der Waals surface area contributed by atoms with E-state index >= 15 is 0 Å². The van der Waals surface area contributed by atoms with Gasteiger partial charge in [-0.15, -0.1) is 0 Å². The molecule has 2 aromatic carbocycles. The summed E-state index contributed by atoms with van der Waals surface area (Å²) in [6, 6.07) is 11.4. The van der Waals surface area contributed by atoms with Gasteiger partial charge in [0.15, 0.2) is 0 Å². The molecule has 5 nitrogen and oxygen atoms in total. The van der Waals surface area contributed by atoms with Gasteiger partial charge in [0.2, 0.25) is 0 Å². The molecule has 1 saturated heterocycles. The van der Waals surface area contributed by atoms with Gasteiger partial charge in [-0.05, 0) is 36.2 Å². The van der Waals surface area contributed by atoms with Gasteiger partial charge in [0.05, 0.1) is 23.1 Å². The van der Waals surface area contributed by atoms with Gasteiger partial charge >= 0.3 is 6.18 Å². The van der Waals surface area contributed by atoms with Crippen LogP contribution in [0.15, 0.2) is 48.5 Å². The van der Waals surface area contributed by atoms with E-state index in [1.165, 1.54) is 24.3 Å². The fourth-order valence-corrected chi connectivity index (χ4v) is 3.51. The molecule has 0 amide bonds. The molecule has 1 atom stereocenters. The highest BCUT2D eigenvalue weighted by Crippen LogP contribution is 2.37. The normalized spacial score (nSPS) is 17.5. The van der Waals surface area contributed by atoms with Crippen LogP contribution in [0.4, 0.5) is 18.9 Å². The van der Waals surface area contributed by atoms with Crippen molar-refractivity contribution < 1.29 is 22.8 Å². The highest BCUT2D eigenvalue weighted by atomic mass is 19.4. The van der Waals surface area contributed by atoms with Crippen LogP contribution in [0.5, 0.6) is 0 Å². The highest BCUT2D eigenvalue weighted by molar-refractivity contribution is 5.89. The average Bonchev–Trinajstić information content (AvgIpc) is 3.27. The molecule has 3 aromatic rings. The summed E-state index contributed by atoms with van der Waals surface area (Å²) in [7, 11) is 0. The summed E-state index contributed by atoms with van der Waals surface area (Å²) >= 11 is 0. The van der Waals surface area contributed by atoms with Crippen molar-refractivity contribution in [2.45, 2.75) is 18.6 Å². The number of rotatable bonds is 3. The number of nitro benzene ring substituents is 1. The molecule has 8 heteroatoms. The van der Waals surface area contributed by atoms with Crippen molar-refractivity contribution in [3.8, 4) is 11.3 Å². The van der Waals surface area contributed by atoms with Crippen LogP contribution in [0.1, 0.15) is 18.0 Å². The van der Waals surface area contributed by atoms with E-state index in [0.717, 1.165) is 29.8 Å². The molecular formula is C19H15F3N2O3. The number of nitro groups is 1. The minimum Gasteiger partial charge on any atom is -0.379 e. The quantitative estimate of drug-likeness (QED) is 0.467. The summed E-state index contributed by atoms with van der Waals surface area (Å²) in [6.45, 7) is 1.10. The third kappa shape index (κ3) is 3.16. The van der Waals surface area contributed by atoms with E-state index in [0.29, 0.717) is 24.2 Å². The molecule has 0 aliphatic carbocycles. The van der Waals surface area contributed by atoms with Crippen LogP contribution in [0.2, 0.25) is 0 Å². The zero-order chi connectivity index (χ0) is 19.2. The molecule has 1 aliphatic heterocycles. The lowest BCUT2D eigenvalue weighted by Gasteiger charge is -2.17. The summed E-state index contributed by atoms with van der Waals surface area (Å²) in [4.78, 5) is 10.6. The Morgan fingerprint density at radius 2 is 1.85 bits per heavy atom. The van der Waals surface area contributed by atoms with Gasteiger partial charge in [-0.25, -0.2) is 0 Å². The number of ether oxygens (including phenoxy) is 1. The predicted octanol–water partition coefficient (Wildman–Crippen LogP) is 5.20. The molecule has 0 radical (unpaired) electrons. The van der Waals surface area contributed by atoms with Gasteiger partial charge < -0.3 is 9.30 Å². The zero-order valence-electron chi connectivity index (χ0n) is 14.1. The van der Waals surface area contributed by atoms with Crippen LogP contribution in [-0.4, -0.2) is 22.7 Å². The Morgan fingerprint density at radius 1 is 1.11 bits per heavy atom. The molecule has 4 rings (SSSR count). The van der Waals surface area contributed by atoms with E-state index in [9.17, 15) is 23.3 Å². The third-order valence-electron chi connectivity index (χ3n) is 4.81. The number of fused-ring (bicyclic) bond motifs is 1. The van der Waals surface area contributed by atoms with E-state index in [1.807, 2.05) is 4.57 Å². The Kier molecular flexibility index (Phi) is 4.15. The molecule has 1 aromatic heterocycles. The summed E-state index contributed by atoms with van der Waals surface area (Å²) in [5, 5.41) is 11.7. The molecule has 0 spiro atoms. The Labute approximate surface area is 152 Å². The zero-order valence-corrected chi connectivity index (χ0v) is 14.1. The SMILES string of the molecule is O=[N+]([O-])c1ccc2c(c1)cc(-c1ccc(C(F)(F)F)cc1)n2[C@@H]1CCOC1. The summed E-state index contributed by atoms with van der Waals surface area (Å²) in [5.41, 5.74) is 1.39. The largest absolute Gasteiger partial charge is 0.416 e. The summed E-state index contributed by atoms with van der Waals surface area (Å²) in [5.74, 6) is 0. The molecule has 0 bridgehead atoms. The maximum absolute atomic E-state index is 12.8.